The maximum absolute atomic E-state index is 14.2. The molecule has 0 radical (unpaired) electrons. The normalized spacial score (nSPS) is 11.8. The van der Waals surface area contributed by atoms with Crippen molar-refractivity contribution in [3.8, 4) is 0 Å². The van der Waals surface area contributed by atoms with Gasteiger partial charge in [-0.15, -0.1) is 5.10 Å². The number of halogens is 5. The van der Waals surface area contributed by atoms with Crippen LogP contribution in [0.25, 0.3) is 0 Å². The maximum atomic E-state index is 14.2. The Morgan fingerprint density at radius 1 is 1.15 bits per heavy atom. The maximum Gasteiger partial charge on any atom is 0.329 e. The van der Waals surface area contributed by atoms with Gasteiger partial charge in [-0.3, -0.25) is 15.3 Å². The molecule has 0 aliphatic heterocycles. The molecule has 1 heterocycles. The van der Waals surface area contributed by atoms with E-state index in [0.29, 0.717) is 0 Å². The number of urea groups is 1. The Hall–Kier alpha value is -2.61. The van der Waals surface area contributed by atoms with Crippen LogP contribution < -0.4 is 10.2 Å². The largest absolute Gasteiger partial charge is 0.467 e. The van der Waals surface area contributed by atoms with Crippen molar-refractivity contribution in [3.63, 3.8) is 0 Å². The van der Waals surface area contributed by atoms with Crippen molar-refractivity contribution in [1.82, 2.24) is 10.2 Å². The van der Waals surface area contributed by atoms with Crippen LogP contribution in [0.5, 0.6) is 0 Å². The number of esters is 1. The highest BCUT2D eigenvalue weighted by molar-refractivity contribution is 7.73. The highest BCUT2D eigenvalue weighted by Crippen LogP contribution is 2.32. The number of H-pyrrole nitrogens is 1. The van der Waals surface area contributed by atoms with E-state index in [1.54, 1.807) is 0 Å². The zero-order valence-electron chi connectivity index (χ0n) is 13.4. The lowest BCUT2D eigenvalue weighted by molar-refractivity contribution is -0.141. The summed E-state index contributed by atoms with van der Waals surface area (Å²) in [5.41, 5.74) is -1.62. The van der Waals surface area contributed by atoms with Gasteiger partial charge in [-0.25, -0.2) is 31.5 Å². The number of carbonyl (C=O) groups is 2. The molecule has 1 aromatic carbocycles. The number of anilines is 2. The van der Waals surface area contributed by atoms with Crippen molar-refractivity contribution in [2.75, 3.05) is 17.3 Å². The fraction of sp³-hybridized carbons (Fsp3) is 0.231. The van der Waals surface area contributed by atoms with E-state index in [0.717, 1.165) is 25.4 Å². The lowest BCUT2D eigenvalue weighted by Crippen LogP contribution is -2.47. The second-order valence-corrected chi connectivity index (χ2v) is 6.50. The smallest absolute Gasteiger partial charge is 0.329 e. The van der Waals surface area contributed by atoms with Crippen molar-refractivity contribution in [2.45, 2.75) is 13.0 Å². The van der Waals surface area contributed by atoms with Crippen LogP contribution in [-0.4, -0.2) is 35.3 Å². The number of hydrogen-bond donors (Lipinski definition) is 2. The number of methoxy groups -OCH3 is 1. The van der Waals surface area contributed by atoms with Crippen LogP contribution in [0, 0.1) is 33.0 Å². The fourth-order valence-electron chi connectivity index (χ4n) is 1.99. The summed E-state index contributed by atoms with van der Waals surface area (Å²) in [5, 5.41) is 7.75. The molecule has 1 atom stereocenters. The summed E-state index contributed by atoms with van der Waals surface area (Å²) < 4.78 is 73.2. The summed E-state index contributed by atoms with van der Waals surface area (Å²) in [4.78, 5) is 24.2. The predicted octanol–water partition coefficient (Wildman–Crippen LogP) is 3.50. The van der Waals surface area contributed by atoms with Crippen LogP contribution in [0.3, 0.4) is 0 Å². The average molecular weight is 428 g/mol. The summed E-state index contributed by atoms with van der Waals surface area (Å²) in [7, 11) is 0.909. The first-order chi connectivity index (χ1) is 12.6. The zero-order chi connectivity index (χ0) is 20.5. The Morgan fingerprint density at radius 3 is 2.11 bits per heavy atom. The van der Waals surface area contributed by atoms with Crippen molar-refractivity contribution in [2.24, 2.45) is 0 Å². The SMILES string of the molecule is COC(=O)[C@H](C)N(C(=O)Nc1n[nH]c(=S)s1)c1c(F)c(F)c(F)c(F)c1F. The highest BCUT2D eigenvalue weighted by atomic mass is 32.1. The number of ether oxygens (including phenoxy) is 1. The molecule has 2 N–H and O–H groups in total. The van der Waals surface area contributed by atoms with Crippen molar-refractivity contribution in [1.29, 1.82) is 0 Å². The average Bonchev–Trinajstić information content (AvgIpc) is 3.05. The van der Waals surface area contributed by atoms with Crippen LogP contribution in [0.4, 0.5) is 37.6 Å². The van der Waals surface area contributed by atoms with E-state index in [-0.39, 0.29) is 14.0 Å². The molecule has 0 aliphatic carbocycles. The van der Waals surface area contributed by atoms with Crippen LogP contribution in [-0.2, 0) is 9.53 Å². The number of nitrogens with one attached hydrogen (secondary N) is 2. The van der Waals surface area contributed by atoms with E-state index < -0.39 is 52.8 Å². The lowest BCUT2D eigenvalue weighted by Gasteiger charge is -2.28. The monoisotopic (exact) mass is 428 g/mol. The van der Waals surface area contributed by atoms with Gasteiger partial charge < -0.3 is 4.74 Å². The Morgan fingerprint density at radius 2 is 1.67 bits per heavy atom. The Labute approximate surface area is 156 Å². The number of amides is 2. The minimum absolute atomic E-state index is 0.0343. The van der Waals surface area contributed by atoms with Gasteiger partial charge in [-0.2, -0.15) is 0 Å². The van der Waals surface area contributed by atoms with Crippen molar-refractivity contribution >= 4 is 46.4 Å². The van der Waals surface area contributed by atoms with E-state index in [9.17, 15) is 31.5 Å². The molecule has 1 aromatic heterocycles. The molecule has 27 heavy (non-hydrogen) atoms. The molecule has 146 valence electrons. The second kappa shape index (κ2) is 7.96. The van der Waals surface area contributed by atoms with E-state index >= 15 is 0 Å². The van der Waals surface area contributed by atoms with E-state index in [1.807, 2.05) is 5.32 Å². The van der Waals surface area contributed by atoms with E-state index in [4.69, 9.17) is 12.2 Å². The van der Waals surface area contributed by atoms with Gasteiger partial charge in [0.1, 0.15) is 11.7 Å². The van der Waals surface area contributed by atoms with Gasteiger partial charge in [0, 0.05) is 0 Å². The molecule has 2 amide bonds. The minimum Gasteiger partial charge on any atom is -0.467 e. The number of carbonyl (C=O) groups excluding carboxylic acids is 2. The Kier molecular flexibility index (Phi) is 6.10. The number of rotatable bonds is 4. The van der Waals surface area contributed by atoms with Crippen LogP contribution in [0.1, 0.15) is 6.92 Å². The number of benzene rings is 1. The molecule has 0 spiro atoms. The third kappa shape index (κ3) is 3.90. The van der Waals surface area contributed by atoms with Crippen molar-refractivity contribution < 1.29 is 36.3 Å². The molecule has 0 saturated heterocycles. The number of nitrogens with zero attached hydrogens (tertiary/aromatic N) is 2. The Balaban J connectivity index is 2.62. The predicted molar refractivity (Wildman–Crippen MR) is 86.5 cm³/mol. The number of aromatic nitrogens is 2. The highest BCUT2D eigenvalue weighted by Gasteiger charge is 2.37. The quantitative estimate of drug-likeness (QED) is 0.256. The Bertz CT molecular complexity index is 935. The van der Waals surface area contributed by atoms with Gasteiger partial charge in [0.15, 0.2) is 27.2 Å². The first kappa shape index (κ1) is 20.7. The van der Waals surface area contributed by atoms with Gasteiger partial charge in [0.05, 0.1) is 7.11 Å². The topological polar surface area (TPSA) is 87.3 Å². The van der Waals surface area contributed by atoms with Crippen molar-refractivity contribution in [3.05, 3.63) is 33.0 Å². The third-order valence-corrected chi connectivity index (χ3v) is 4.23. The summed E-state index contributed by atoms with van der Waals surface area (Å²) >= 11 is 5.50. The first-order valence-electron chi connectivity index (χ1n) is 6.85. The van der Waals surface area contributed by atoms with Crippen LogP contribution >= 0.6 is 23.6 Å². The molecule has 0 bridgehead atoms. The van der Waals surface area contributed by atoms with Gasteiger partial charge in [0.25, 0.3) is 0 Å². The summed E-state index contributed by atoms with van der Waals surface area (Å²) in [6.45, 7) is 0.968. The van der Waals surface area contributed by atoms with Crippen LogP contribution in [0.15, 0.2) is 0 Å². The second-order valence-electron chi connectivity index (χ2n) is 4.84. The minimum atomic E-state index is -2.41. The third-order valence-electron chi connectivity index (χ3n) is 3.23. The van der Waals surface area contributed by atoms with Gasteiger partial charge in [-0.1, -0.05) is 11.3 Å². The molecular formula is C13H9F5N4O3S2. The molecule has 0 aliphatic rings. The van der Waals surface area contributed by atoms with Gasteiger partial charge in [0.2, 0.25) is 10.9 Å². The van der Waals surface area contributed by atoms with Gasteiger partial charge >= 0.3 is 12.0 Å². The van der Waals surface area contributed by atoms with Crippen LogP contribution in [0.2, 0.25) is 0 Å². The molecule has 14 heteroatoms. The molecule has 2 aromatic rings. The number of aromatic amines is 1. The molecule has 0 unspecified atom stereocenters. The summed E-state index contributed by atoms with van der Waals surface area (Å²) in [6.07, 6.45) is 0. The lowest BCUT2D eigenvalue weighted by atomic mass is 10.2. The molecule has 0 saturated carbocycles. The summed E-state index contributed by atoms with van der Waals surface area (Å²) in [6, 6.07) is -3.16. The number of hydrogen-bond acceptors (Lipinski definition) is 6. The van der Waals surface area contributed by atoms with Gasteiger partial charge in [-0.05, 0) is 19.1 Å². The molecule has 0 fully saturated rings. The fourth-order valence-corrected chi connectivity index (χ4v) is 2.77. The zero-order valence-corrected chi connectivity index (χ0v) is 15.0. The van der Waals surface area contributed by atoms with E-state index in [2.05, 4.69) is 14.9 Å². The summed E-state index contributed by atoms with van der Waals surface area (Å²) in [5.74, 6) is -12.8. The molecule has 7 nitrogen and oxygen atoms in total. The standard InChI is InChI=1S/C13H9F5N4O3S2/c1-3(10(23)25-2)22(12(24)19-11-20-21-13(26)27-11)9-7(17)5(15)4(14)6(16)8(9)18/h3H,1-2H3,(H,21,26)(H,19,20,24)/t3-/m0/s1. The van der Waals surface area contributed by atoms with E-state index in [1.165, 1.54) is 0 Å². The first-order valence-corrected chi connectivity index (χ1v) is 8.07. The molecular weight excluding hydrogens is 419 g/mol. The molecule has 2 rings (SSSR count).